The minimum atomic E-state index is -0.292. The highest BCUT2D eigenvalue weighted by Crippen LogP contribution is 2.22. The van der Waals surface area contributed by atoms with Gasteiger partial charge in [0.25, 0.3) is 11.5 Å². The van der Waals surface area contributed by atoms with Gasteiger partial charge in [0.15, 0.2) is 11.5 Å². The van der Waals surface area contributed by atoms with Crippen LogP contribution in [0.4, 0.5) is 0 Å². The summed E-state index contributed by atoms with van der Waals surface area (Å²) in [5.74, 6) is 0.590. The summed E-state index contributed by atoms with van der Waals surface area (Å²) in [7, 11) is 0. The summed E-state index contributed by atoms with van der Waals surface area (Å²) in [4.78, 5) is 31.7. The predicted octanol–water partition coefficient (Wildman–Crippen LogP) is 2.14. The molecule has 8 nitrogen and oxygen atoms in total. The Kier molecular flexibility index (Phi) is 3.43. The van der Waals surface area contributed by atoms with Crippen molar-refractivity contribution in [1.82, 2.24) is 19.4 Å². The maximum absolute atomic E-state index is 12.8. The van der Waals surface area contributed by atoms with Gasteiger partial charge in [-0.1, -0.05) is 11.2 Å². The summed E-state index contributed by atoms with van der Waals surface area (Å²) in [5, 5.41) is 3.85. The molecule has 0 N–H and O–H groups in total. The number of rotatable bonds is 2. The molecule has 1 amide bonds. The zero-order valence-electron chi connectivity index (χ0n) is 14.2. The van der Waals surface area contributed by atoms with Crippen LogP contribution < -0.4 is 5.56 Å². The summed E-state index contributed by atoms with van der Waals surface area (Å²) >= 11 is 0. The largest absolute Gasteiger partial charge is 0.461 e. The quantitative estimate of drug-likeness (QED) is 0.542. The normalized spacial score (nSPS) is 13.7. The highest BCUT2D eigenvalue weighted by atomic mass is 16.5. The zero-order chi connectivity index (χ0) is 18.4. The molecule has 0 fully saturated rings. The van der Waals surface area contributed by atoms with Gasteiger partial charge in [-0.3, -0.25) is 14.0 Å². The summed E-state index contributed by atoms with van der Waals surface area (Å²) in [6.45, 7) is 0.658. The molecule has 0 spiro atoms. The minimum absolute atomic E-state index is 0.149. The smallest absolute Gasteiger partial charge is 0.276 e. The summed E-state index contributed by atoms with van der Waals surface area (Å²) < 4.78 is 12.0. The maximum atomic E-state index is 12.8. The van der Waals surface area contributed by atoms with Crippen molar-refractivity contribution in [3.8, 4) is 11.5 Å². The van der Waals surface area contributed by atoms with Crippen molar-refractivity contribution in [3.63, 3.8) is 0 Å². The van der Waals surface area contributed by atoms with E-state index in [-0.39, 0.29) is 23.7 Å². The van der Waals surface area contributed by atoms with Crippen LogP contribution >= 0.6 is 0 Å². The van der Waals surface area contributed by atoms with Crippen LogP contribution in [-0.2, 0) is 13.0 Å². The molecular formula is C19H14N4O4. The standard InChI is InChI=1S/C19H14N4O4/c24-18-12-11-22(8-6-13(12)20-17-5-1-2-7-23(17)18)19(25)14-10-16(27-21-14)15-4-3-9-26-15/h1-5,7,9-10H,6,8,11H2. The lowest BCUT2D eigenvalue weighted by Crippen LogP contribution is -2.40. The SMILES string of the molecule is O=C(c1cc(-c2ccco2)on1)N1CCc2nc3ccccn3c(=O)c2C1. The van der Waals surface area contributed by atoms with Crippen molar-refractivity contribution in [2.45, 2.75) is 13.0 Å². The number of hydrogen-bond donors (Lipinski definition) is 0. The molecule has 0 saturated heterocycles. The van der Waals surface area contributed by atoms with Crippen LogP contribution in [-0.4, -0.2) is 31.9 Å². The molecule has 1 aliphatic rings. The lowest BCUT2D eigenvalue weighted by atomic mass is 10.1. The number of fused-ring (bicyclic) bond motifs is 2. The lowest BCUT2D eigenvalue weighted by molar-refractivity contribution is 0.0722. The molecule has 0 atom stereocenters. The van der Waals surface area contributed by atoms with E-state index >= 15 is 0 Å². The van der Waals surface area contributed by atoms with Crippen molar-refractivity contribution in [1.29, 1.82) is 0 Å². The molecular weight excluding hydrogens is 348 g/mol. The van der Waals surface area contributed by atoms with E-state index in [2.05, 4.69) is 10.1 Å². The van der Waals surface area contributed by atoms with Crippen molar-refractivity contribution in [3.05, 3.63) is 76.2 Å². The van der Waals surface area contributed by atoms with Crippen molar-refractivity contribution in [2.75, 3.05) is 6.54 Å². The van der Waals surface area contributed by atoms with Crippen LogP contribution in [0, 0.1) is 0 Å². The molecule has 134 valence electrons. The maximum Gasteiger partial charge on any atom is 0.276 e. The van der Waals surface area contributed by atoms with Crippen LogP contribution in [0.15, 0.2) is 62.6 Å². The Bertz CT molecular complexity index is 1210. The first kappa shape index (κ1) is 15.6. The third-order valence-electron chi connectivity index (χ3n) is 4.66. The van der Waals surface area contributed by atoms with Gasteiger partial charge >= 0.3 is 0 Å². The fourth-order valence-corrected chi connectivity index (χ4v) is 3.29. The third kappa shape index (κ3) is 2.53. The number of carbonyl (C=O) groups excluding carboxylic acids is 1. The van der Waals surface area contributed by atoms with E-state index < -0.39 is 0 Å². The molecule has 0 bridgehead atoms. The number of amides is 1. The Morgan fingerprint density at radius 1 is 1.15 bits per heavy atom. The van der Waals surface area contributed by atoms with Crippen LogP contribution in [0.5, 0.6) is 0 Å². The molecule has 0 saturated carbocycles. The topological polar surface area (TPSA) is 93.8 Å². The van der Waals surface area contributed by atoms with Gasteiger partial charge in [-0.05, 0) is 24.3 Å². The van der Waals surface area contributed by atoms with E-state index in [0.29, 0.717) is 35.7 Å². The molecule has 4 aromatic heterocycles. The number of hydrogen-bond acceptors (Lipinski definition) is 6. The Labute approximate surface area is 152 Å². The van der Waals surface area contributed by atoms with Crippen LogP contribution in [0.2, 0.25) is 0 Å². The Morgan fingerprint density at radius 3 is 2.93 bits per heavy atom. The van der Waals surface area contributed by atoms with E-state index in [1.165, 1.54) is 10.7 Å². The molecule has 27 heavy (non-hydrogen) atoms. The van der Waals surface area contributed by atoms with E-state index in [0.717, 1.165) is 5.69 Å². The second-order valence-corrected chi connectivity index (χ2v) is 6.30. The molecule has 1 aliphatic heterocycles. The first-order valence-electron chi connectivity index (χ1n) is 8.50. The summed E-state index contributed by atoms with van der Waals surface area (Å²) in [6, 6.07) is 10.4. The molecule has 0 aliphatic carbocycles. The van der Waals surface area contributed by atoms with Crippen molar-refractivity contribution < 1.29 is 13.7 Å². The van der Waals surface area contributed by atoms with Gasteiger partial charge in [-0.15, -0.1) is 0 Å². The van der Waals surface area contributed by atoms with Gasteiger partial charge in [-0.2, -0.15) is 0 Å². The average Bonchev–Trinajstić information content (AvgIpc) is 3.39. The highest BCUT2D eigenvalue weighted by molar-refractivity contribution is 5.93. The second kappa shape index (κ2) is 5.94. The first-order valence-corrected chi connectivity index (χ1v) is 8.50. The van der Waals surface area contributed by atoms with Crippen LogP contribution in [0.3, 0.4) is 0 Å². The second-order valence-electron chi connectivity index (χ2n) is 6.30. The first-order chi connectivity index (χ1) is 13.2. The number of furan rings is 1. The number of aromatic nitrogens is 3. The summed E-state index contributed by atoms with van der Waals surface area (Å²) in [5.41, 5.74) is 1.92. The van der Waals surface area contributed by atoms with E-state index in [4.69, 9.17) is 8.94 Å². The highest BCUT2D eigenvalue weighted by Gasteiger charge is 2.27. The molecule has 5 heterocycles. The van der Waals surface area contributed by atoms with Gasteiger partial charge in [0.1, 0.15) is 5.65 Å². The van der Waals surface area contributed by atoms with E-state index in [9.17, 15) is 9.59 Å². The Morgan fingerprint density at radius 2 is 2.07 bits per heavy atom. The van der Waals surface area contributed by atoms with Crippen LogP contribution in [0.25, 0.3) is 17.2 Å². The molecule has 5 rings (SSSR count). The average molecular weight is 362 g/mol. The minimum Gasteiger partial charge on any atom is -0.461 e. The van der Waals surface area contributed by atoms with Crippen LogP contribution in [0.1, 0.15) is 21.7 Å². The fourth-order valence-electron chi connectivity index (χ4n) is 3.29. The van der Waals surface area contributed by atoms with E-state index in [1.807, 2.05) is 6.07 Å². The predicted molar refractivity (Wildman–Crippen MR) is 94.1 cm³/mol. The molecule has 8 heteroatoms. The zero-order valence-corrected chi connectivity index (χ0v) is 14.2. The fraction of sp³-hybridized carbons (Fsp3) is 0.158. The summed E-state index contributed by atoms with van der Waals surface area (Å²) in [6.07, 6.45) is 3.72. The molecule has 0 radical (unpaired) electrons. The Balaban J connectivity index is 1.46. The number of pyridine rings is 1. The molecule has 0 aromatic carbocycles. The Hall–Kier alpha value is -3.68. The lowest BCUT2D eigenvalue weighted by Gasteiger charge is -2.27. The monoisotopic (exact) mass is 362 g/mol. The number of carbonyl (C=O) groups is 1. The molecule has 0 unspecified atom stereocenters. The van der Waals surface area contributed by atoms with Gasteiger partial charge in [-0.25, -0.2) is 4.98 Å². The van der Waals surface area contributed by atoms with Crippen molar-refractivity contribution >= 4 is 11.6 Å². The molecule has 4 aromatic rings. The van der Waals surface area contributed by atoms with Gasteiger partial charge in [0.2, 0.25) is 5.76 Å². The van der Waals surface area contributed by atoms with Gasteiger partial charge < -0.3 is 13.8 Å². The number of nitrogens with zero attached hydrogens (tertiary/aromatic N) is 4. The van der Waals surface area contributed by atoms with Gasteiger partial charge in [0.05, 0.1) is 24.1 Å². The van der Waals surface area contributed by atoms with Crippen molar-refractivity contribution in [2.24, 2.45) is 0 Å². The third-order valence-corrected chi connectivity index (χ3v) is 4.66. The van der Waals surface area contributed by atoms with Gasteiger partial charge in [0, 0.05) is 25.2 Å². The van der Waals surface area contributed by atoms with E-state index in [1.54, 1.807) is 41.4 Å².